The quantitative estimate of drug-likeness (QED) is 0.111. The minimum atomic E-state index is -1.89. The van der Waals surface area contributed by atoms with Crippen LogP contribution in [0, 0.1) is 30.4 Å². The van der Waals surface area contributed by atoms with Crippen molar-refractivity contribution < 1.29 is 24.5 Å². The van der Waals surface area contributed by atoms with Crippen LogP contribution in [0.15, 0.2) is 132 Å². The van der Waals surface area contributed by atoms with Crippen molar-refractivity contribution in [2.45, 2.75) is 102 Å². The number of rotatable bonds is 8. The van der Waals surface area contributed by atoms with Crippen LogP contribution >= 0.6 is 0 Å². The normalized spacial score (nSPS) is 13.2. The van der Waals surface area contributed by atoms with Gasteiger partial charge in [0.15, 0.2) is 0 Å². The van der Waals surface area contributed by atoms with Crippen LogP contribution in [0.5, 0.6) is 0 Å². The number of aryl methyl sites for hydroxylation is 1. The summed E-state index contributed by atoms with van der Waals surface area (Å²) in [6.45, 7) is 11.0. The van der Waals surface area contributed by atoms with E-state index in [1.807, 2.05) is 49.5 Å². The van der Waals surface area contributed by atoms with Gasteiger partial charge in [0.1, 0.15) is 11.8 Å². The Morgan fingerprint density at radius 3 is 2.19 bits per heavy atom. The Bertz CT molecular complexity index is 3540. The number of pyridine rings is 3. The molecule has 353 valence electrons. The van der Waals surface area contributed by atoms with E-state index in [-0.39, 0.29) is 31.9 Å². The van der Waals surface area contributed by atoms with Crippen LogP contribution in [0.2, 0.25) is 17.3 Å². The molecule has 11 rings (SSSR count). The van der Waals surface area contributed by atoms with Gasteiger partial charge in [-0.2, -0.15) is 5.26 Å². The molecule has 0 atom stereocenters. The molecule has 9 heteroatoms. The average molecular weight is 1160 g/mol. The van der Waals surface area contributed by atoms with Gasteiger partial charge in [0.05, 0.1) is 28.1 Å². The number of furan rings is 1. The number of aromatic nitrogens is 5. The van der Waals surface area contributed by atoms with Crippen molar-refractivity contribution in [1.82, 2.24) is 24.5 Å². The molecule has 5 aromatic carbocycles. The number of nitrogens with zero attached hydrogens (tertiary/aromatic N) is 6. The van der Waals surface area contributed by atoms with Crippen molar-refractivity contribution in [2.75, 3.05) is 0 Å². The van der Waals surface area contributed by atoms with E-state index in [4.69, 9.17) is 19.4 Å². The molecule has 10 aromatic rings. The summed E-state index contributed by atoms with van der Waals surface area (Å²) in [6, 6.07) is 48.9. The maximum atomic E-state index is 9.47. The third-order valence-corrected chi connectivity index (χ3v) is 18.1. The largest absolute Gasteiger partial charge is 0 e. The summed E-state index contributed by atoms with van der Waals surface area (Å²) in [7, 11) is 0. The first-order valence-corrected chi connectivity index (χ1v) is 31.9. The molecule has 5 heterocycles. The standard InChI is InChI=1S/C41H32N5O.C20H26GeN.Ir/c1-23(2)34-20-29(28-14-13-26-9-6-7-10-27(26)19-28)21-35(24(3)4)38(34)46-37-25(5)43-18-17-36(37)45-40(46)33-12-8-11-31-32-16-15-30(22-42)44-41(32)47-39(31)33;1-21(2,3)19-15-22-20(17-12-8-5-9-13-17)14-18(19)16-10-6-4-7-11-16;/h6-11,13-21,23-24H,1-5H3;5,8-9,12,14-16H,4,6-7,10-11H2,1-3H3;/q2*-1;. The molecule has 0 amide bonds. The Hall–Kier alpha value is -6.24. The molecule has 1 aliphatic carbocycles. The SMILES string of the molecule is Cc1nccc2nc(-c3[c-]ccc4c3oc3nc(C#N)ccc34)n(-c3c(C(C)C)cc(-c4ccc5ccccc5c4)cc3C(C)C)c12.[CH3][Ge]([CH3])([CH3])[c]1cnc(-c2[c-]cccc2)cc1C1CCCCC1.[Ir]. The van der Waals surface area contributed by atoms with E-state index in [1.54, 1.807) is 16.0 Å². The van der Waals surface area contributed by atoms with Crippen molar-refractivity contribution in [1.29, 1.82) is 5.26 Å². The van der Waals surface area contributed by atoms with Gasteiger partial charge in [0.2, 0.25) is 5.71 Å². The number of fused-ring (bicyclic) bond motifs is 5. The molecule has 0 aliphatic heterocycles. The van der Waals surface area contributed by atoms with Gasteiger partial charge in [-0.05, 0) is 88.2 Å². The van der Waals surface area contributed by atoms with Crippen LogP contribution in [-0.4, -0.2) is 37.8 Å². The Balaban J connectivity index is 0.000000222. The summed E-state index contributed by atoms with van der Waals surface area (Å²) in [5, 5.41) is 13.7. The number of imidazole rings is 1. The summed E-state index contributed by atoms with van der Waals surface area (Å²) in [6.07, 6.45) is 10.9. The Morgan fingerprint density at radius 1 is 0.743 bits per heavy atom. The van der Waals surface area contributed by atoms with E-state index >= 15 is 0 Å². The van der Waals surface area contributed by atoms with Crippen LogP contribution in [0.3, 0.4) is 0 Å². The maximum absolute atomic E-state index is 9.47. The van der Waals surface area contributed by atoms with Crippen molar-refractivity contribution >= 4 is 61.5 Å². The van der Waals surface area contributed by atoms with Gasteiger partial charge in [0, 0.05) is 37.4 Å². The van der Waals surface area contributed by atoms with Gasteiger partial charge in [-0.1, -0.05) is 75.0 Å². The third kappa shape index (κ3) is 9.40. The maximum Gasteiger partial charge on any atom is 0 e. The minimum absolute atomic E-state index is 0. The number of nitriles is 1. The number of hydrogen-bond acceptors (Lipinski definition) is 6. The summed E-state index contributed by atoms with van der Waals surface area (Å²) in [4.78, 5) is 19.2. The molecule has 0 spiro atoms. The van der Waals surface area contributed by atoms with Gasteiger partial charge < -0.3 is 8.98 Å². The van der Waals surface area contributed by atoms with Crippen LogP contribution in [-0.2, 0) is 20.1 Å². The van der Waals surface area contributed by atoms with Crippen LogP contribution in [0.1, 0.15) is 106 Å². The van der Waals surface area contributed by atoms with Crippen molar-refractivity contribution in [3.8, 4) is 45.5 Å². The first-order chi connectivity index (χ1) is 33.4. The summed E-state index contributed by atoms with van der Waals surface area (Å²) in [5.74, 6) is 9.35. The number of hydrogen-bond donors (Lipinski definition) is 0. The predicted octanol–water partition coefficient (Wildman–Crippen LogP) is 15.6. The minimum Gasteiger partial charge on any atom is 0 e. The molecule has 1 saturated carbocycles. The van der Waals surface area contributed by atoms with E-state index in [1.165, 1.54) is 65.1 Å². The second-order valence-corrected chi connectivity index (χ2v) is 30.9. The molecular formula is C61H58GeIrN6O-2. The molecule has 0 N–H and O–H groups in total. The van der Waals surface area contributed by atoms with Gasteiger partial charge in [0.25, 0.3) is 0 Å². The molecule has 70 heavy (non-hydrogen) atoms. The Morgan fingerprint density at radius 2 is 1.49 bits per heavy atom. The fraction of sp³-hybridized carbons (Fsp3) is 0.262. The number of benzene rings is 5. The monoisotopic (exact) mass is 1160 g/mol. The van der Waals surface area contributed by atoms with E-state index < -0.39 is 13.3 Å². The zero-order valence-electron chi connectivity index (χ0n) is 41.3. The molecule has 7 nitrogen and oxygen atoms in total. The van der Waals surface area contributed by atoms with Crippen LogP contribution in [0.25, 0.3) is 83.3 Å². The second-order valence-electron chi connectivity index (χ2n) is 20.3. The van der Waals surface area contributed by atoms with E-state index in [2.05, 4.69) is 152 Å². The smallest absolute Gasteiger partial charge is 0 e. The van der Waals surface area contributed by atoms with E-state index in [0.29, 0.717) is 17.0 Å². The van der Waals surface area contributed by atoms with Crippen molar-refractivity contribution in [3.63, 3.8) is 0 Å². The molecular weight excluding hydrogens is 1100 g/mol. The zero-order chi connectivity index (χ0) is 48.0. The molecule has 5 aromatic heterocycles. The third-order valence-electron chi connectivity index (χ3n) is 13.9. The van der Waals surface area contributed by atoms with E-state index in [9.17, 15) is 5.26 Å². The first-order valence-electron chi connectivity index (χ1n) is 24.5. The Kier molecular flexibility index (Phi) is 14.1. The van der Waals surface area contributed by atoms with Gasteiger partial charge in [-0.25, -0.2) is 4.98 Å². The Labute approximate surface area is 428 Å². The van der Waals surface area contributed by atoms with Gasteiger partial charge in [-0.15, -0.1) is 18.2 Å². The van der Waals surface area contributed by atoms with Gasteiger partial charge in [-0.3, -0.25) is 9.97 Å². The summed E-state index contributed by atoms with van der Waals surface area (Å²) >= 11 is -1.89. The fourth-order valence-electron chi connectivity index (χ4n) is 10.3. The molecule has 0 unspecified atom stereocenters. The molecule has 0 bridgehead atoms. The molecule has 1 fully saturated rings. The average Bonchev–Trinajstić information content (AvgIpc) is 3.95. The van der Waals surface area contributed by atoms with Crippen molar-refractivity contribution in [2.24, 2.45) is 0 Å². The van der Waals surface area contributed by atoms with Gasteiger partial charge >= 0.3 is 137 Å². The first kappa shape index (κ1) is 48.8. The van der Waals surface area contributed by atoms with E-state index in [0.717, 1.165) is 61.8 Å². The van der Waals surface area contributed by atoms with Crippen LogP contribution in [0.4, 0.5) is 0 Å². The van der Waals surface area contributed by atoms with Crippen molar-refractivity contribution in [3.05, 3.63) is 168 Å². The topological polar surface area (TPSA) is 93.4 Å². The zero-order valence-corrected chi connectivity index (χ0v) is 45.8. The fourth-order valence-corrected chi connectivity index (χ4v) is 13.7. The molecule has 0 saturated heterocycles. The summed E-state index contributed by atoms with van der Waals surface area (Å²) < 4.78 is 10.3. The summed E-state index contributed by atoms with van der Waals surface area (Å²) in [5.41, 5.74) is 14.6. The molecule has 1 aliphatic rings. The van der Waals surface area contributed by atoms with Crippen LogP contribution < -0.4 is 4.40 Å². The predicted molar refractivity (Wildman–Crippen MR) is 286 cm³/mol. The second kappa shape index (κ2) is 20.2. The molecule has 1 radical (unpaired) electrons.